The van der Waals surface area contributed by atoms with E-state index in [1.54, 1.807) is 6.92 Å². The number of carbonyl (C=O) groups is 5. The van der Waals surface area contributed by atoms with E-state index >= 15 is 4.79 Å². The normalized spacial score (nSPS) is 25.0. The van der Waals surface area contributed by atoms with Crippen LogP contribution in [0.3, 0.4) is 0 Å². The lowest BCUT2D eigenvalue weighted by Gasteiger charge is -2.62. The van der Waals surface area contributed by atoms with E-state index < -0.39 is 78.1 Å². The number of hydrogen-bond donors (Lipinski definition) is 1. The molecular formula is C48H49N3O17S. The number of aryl methyl sites for hydroxylation is 1. The van der Waals surface area contributed by atoms with Gasteiger partial charge in [-0.25, -0.2) is 19.2 Å². The molecule has 1 amide bonds. The third-order valence-corrected chi connectivity index (χ3v) is 15.0. The van der Waals surface area contributed by atoms with Gasteiger partial charge < -0.3 is 57.2 Å². The number of methoxy groups -OCH3 is 2. The summed E-state index contributed by atoms with van der Waals surface area (Å²) in [6, 6.07) is 1.73. The second kappa shape index (κ2) is 18.2. The van der Waals surface area contributed by atoms with Crippen molar-refractivity contribution >= 4 is 42.1 Å². The smallest absolute Gasteiger partial charge is 0.493 e. The van der Waals surface area contributed by atoms with Gasteiger partial charge in [0.1, 0.15) is 18.6 Å². The van der Waals surface area contributed by atoms with Crippen LogP contribution in [0.1, 0.15) is 68.8 Å². The summed E-state index contributed by atoms with van der Waals surface area (Å²) in [4.78, 5) is 74.0. The zero-order chi connectivity index (χ0) is 49.2. The van der Waals surface area contributed by atoms with Gasteiger partial charge in [-0.3, -0.25) is 19.5 Å². The van der Waals surface area contributed by atoms with E-state index in [2.05, 4.69) is 19.7 Å². The number of likely N-dealkylation sites (N-methyl/N-ethyl adjacent to an activating group) is 1. The Hall–Kier alpha value is -6.94. The van der Waals surface area contributed by atoms with Gasteiger partial charge in [0.15, 0.2) is 40.0 Å². The maximum Gasteiger partial charge on any atom is 0.518 e. The lowest BCUT2D eigenvalue weighted by molar-refractivity contribution is -0.188. The number of nitrogens with zero attached hydrogens (tertiary/aromatic N) is 3. The first-order valence-corrected chi connectivity index (χ1v) is 22.8. The van der Waals surface area contributed by atoms with Crippen LogP contribution in [0.4, 0.5) is 14.4 Å². The molecule has 2 saturated heterocycles. The molecule has 7 aliphatic rings. The molecule has 7 aliphatic heterocycles. The van der Waals surface area contributed by atoms with Gasteiger partial charge in [-0.1, -0.05) is 25.8 Å². The molecule has 0 aromatic heterocycles. The van der Waals surface area contributed by atoms with Crippen LogP contribution < -0.4 is 33.2 Å². The minimum absolute atomic E-state index is 0.00937. The Bertz CT molecular complexity index is 2730. The average Bonchev–Trinajstić information content (AvgIpc) is 3.80. The lowest BCUT2D eigenvalue weighted by Crippen LogP contribution is -2.70. The summed E-state index contributed by atoms with van der Waals surface area (Å²) in [6.45, 7) is 14.6. The van der Waals surface area contributed by atoms with Gasteiger partial charge in [0, 0.05) is 47.5 Å². The van der Waals surface area contributed by atoms with Gasteiger partial charge in [0.25, 0.3) is 0 Å². The summed E-state index contributed by atoms with van der Waals surface area (Å²) in [5.74, 6) is -0.674. The minimum atomic E-state index is -2.00. The Balaban J connectivity index is 1.33. The molecular weight excluding hydrogens is 923 g/mol. The molecule has 0 radical (unpaired) electrons. The second-order valence-electron chi connectivity index (χ2n) is 16.9. The summed E-state index contributed by atoms with van der Waals surface area (Å²) < 4.78 is 63.4. The monoisotopic (exact) mass is 971 g/mol. The molecule has 2 fully saturated rings. The molecule has 7 atom stereocenters. The first-order valence-electron chi connectivity index (χ1n) is 21.8. The van der Waals surface area contributed by atoms with E-state index in [1.807, 2.05) is 29.8 Å². The van der Waals surface area contributed by atoms with E-state index in [9.17, 15) is 24.3 Å². The highest BCUT2D eigenvalue weighted by Crippen LogP contribution is 2.65. The molecule has 4 bridgehead atoms. The standard InChI is InChI=1S/C48H49N3O17S/c1-10-60-45(55)50-14-13-25-17-31(67-46(56)61-11-2)30(58-8)18-27(25)48(50)20-69-42-34-33(40-39(64-21-65-40)23(5)38(34)66-24(6)52)29(19-63-44(48)54)51-36(42)35-32-26(16-28(43(51)53)49(35)7)15-22(4)37(59-9)41(32)68-47(57)62-12-3/h10-12,15,17-18,28-29,35-36,42-43,53H,1-3,13-14,16,19-21H2,4-9H3/t28-,29-,35+,36?,42+,43-,48+/m0/s1. The van der Waals surface area contributed by atoms with Crippen LogP contribution in [0.2, 0.25) is 0 Å². The molecule has 1 N–H and O–H groups in total. The molecule has 7 heterocycles. The SMILES string of the molecule is C=COC(=O)Oc1cc2c(cc1OC)[C@@]1(CS[C@@H]3c4c(OC(C)=O)c(C)c5c(c4[C@H](COC1=O)N1C3[C@H]3c4c(cc(C)c(OC)c4OC(=O)OC=C)C[C@@H]([C@@H]1O)N3C)OCO5)N(C(=O)OC=C)CC2. The molecule has 20 nitrogen and oxygen atoms in total. The molecule has 3 aromatic carbocycles. The molecule has 0 aliphatic carbocycles. The van der Waals surface area contributed by atoms with Gasteiger partial charge in [-0.2, -0.15) is 0 Å². The van der Waals surface area contributed by atoms with E-state index in [0.717, 1.165) is 24.3 Å². The fraction of sp³-hybridized carbons (Fsp3) is 0.396. The zero-order valence-corrected chi connectivity index (χ0v) is 39.3. The fourth-order valence-electron chi connectivity index (χ4n) is 11.0. The number of esters is 2. The molecule has 69 heavy (non-hydrogen) atoms. The molecule has 3 aromatic rings. The molecule has 1 unspecified atom stereocenters. The van der Waals surface area contributed by atoms with E-state index in [0.29, 0.717) is 44.9 Å². The Kier molecular flexibility index (Phi) is 12.4. The van der Waals surface area contributed by atoms with Crippen molar-refractivity contribution in [1.29, 1.82) is 0 Å². The van der Waals surface area contributed by atoms with Crippen molar-refractivity contribution in [3.63, 3.8) is 0 Å². The Morgan fingerprint density at radius 3 is 2.23 bits per heavy atom. The quantitative estimate of drug-likeness (QED) is 0.0860. The van der Waals surface area contributed by atoms with Crippen LogP contribution in [0, 0.1) is 13.8 Å². The van der Waals surface area contributed by atoms with Crippen molar-refractivity contribution in [3.05, 3.63) is 101 Å². The number of hydrogen-bond acceptors (Lipinski definition) is 20. The van der Waals surface area contributed by atoms with Crippen molar-refractivity contribution in [3.8, 4) is 40.2 Å². The maximum atomic E-state index is 15.5. The first kappa shape index (κ1) is 47.1. The predicted molar refractivity (Wildman–Crippen MR) is 241 cm³/mol. The Morgan fingerprint density at radius 2 is 1.55 bits per heavy atom. The maximum absolute atomic E-state index is 15.5. The first-order chi connectivity index (χ1) is 33.1. The van der Waals surface area contributed by atoms with E-state index in [-0.39, 0.29) is 66.2 Å². The summed E-state index contributed by atoms with van der Waals surface area (Å²) in [6.07, 6.45) is -1.08. The number of carbonyl (C=O) groups excluding carboxylic acids is 5. The van der Waals surface area contributed by atoms with Gasteiger partial charge in [0.2, 0.25) is 6.79 Å². The number of thioether (sulfide) groups is 1. The minimum Gasteiger partial charge on any atom is -0.493 e. The number of rotatable bonds is 8. The van der Waals surface area contributed by atoms with Gasteiger partial charge in [0.05, 0.1) is 56.4 Å². The Morgan fingerprint density at radius 1 is 0.841 bits per heavy atom. The molecule has 0 saturated carbocycles. The van der Waals surface area contributed by atoms with E-state index in [1.165, 1.54) is 49.9 Å². The molecule has 1 spiro atoms. The number of aliphatic hydroxyl groups is 1. The highest BCUT2D eigenvalue weighted by atomic mass is 32.2. The fourth-order valence-corrected chi connectivity index (χ4v) is 12.7. The van der Waals surface area contributed by atoms with Gasteiger partial charge >= 0.3 is 30.3 Å². The average molecular weight is 972 g/mol. The van der Waals surface area contributed by atoms with Crippen molar-refractivity contribution in [2.45, 2.75) is 74.8 Å². The zero-order valence-electron chi connectivity index (χ0n) is 38.5. The van der Waals surface area contributed by atoms with Crippen LogP contribution in [-0.2, 0) is 46.9 Å². The summed E-state index contributed by atoms with van der Waals surface area (Å²) in [5.41, 5.74) is 2.10. The number of amides is 1. The van der Waals surface area contributed by atoms with Crippen LogP contribution in [0.5, 0.6) is 40.2 Å². The van der Waals surface area contributed by atoms with Crippen molar-refractivity contribution in [2.24, 2.45) is 0 Å². The number of piperazine rings is 1. The number of benzene rings is 3. The van der Waals surface area contributed by atoms with Crippen LogP contribution in [-0.4, -0.2) is 115 Å². The Labute approximate surface area is 400 Å². The van der Waals surface area contributed by atoms with Crippen LogP contribution >= 0.6 is 11.8 Å². The lowest BCUT2D eigenvalue weighted by atomic mass is 9.73. The van der Waals surface area contributed by atoms with E-state index in [4.69, 9.17) is 52.1 Å². The van der Waals surface area contributed by atoms with Crippen molar-refractivity contribution in [1.82, 2.24) is 14.7 Å². The number of ether oxygens (including phenoxy) is 11. The van der Waals surface area contributed by atoms with Gasteiger partial charge in [-0.05, 0) is 68.1 Å². The van der Waals surface area contributed by atoms with Crippen molar-refractivity contribution < 1.29 is 81.2 Å². The third-order valence-electron chi connectivity index (χ3n) is 13.6. The van der Waals surface area contributed by atoms with Crippen LogP contribution in [0.15, 0.2) is 56.7 Å². The van der Waals surface area contributed by atoms with Crippen LogP contribution in [0.25, 0.3) is 0 Å². The van der Waals surface area contributed by atoms with Crippen molar-refractivity contribution in [2.75, 3.05) is 47.0 Å². The summed E-state index contributed by atoms with van der Waals surface area (Å²) >= 11 is 1.22. The third kappa shape index (κ3) is 7.36. The number of fused-ring (bicyclic) bond motifs is 9. The molecule has 10 rings (SSSR count). The summed E-state index contributed by atoms with van der Waals surface area (Å²) in [5, 5.41) is 12.0. The molecule has 21 heteroatoms. The topological polar surface area (TPSA) is 217 Å². The second-order valence-corrected chi connectivity index (χ2v) is 18.0. The highest BCUT2D eigenvalue weighted by Gasteiger charge is 2.63. The summed E-state index contributed by atoms with van der Waals surface area (Å²) in [7, 11) is 4.65. The molecule has 364 valence electrons. The highest BCUT2D eigenvalue weighted by molar-refractivity contribution is 7.99. The number of aliphatic hydroxyl groups excluding tert-OH is 1. The largest absolute Gasteiger partial charge is 0.518 e. The predicted octanol–water partition coefficient (Wildman–Crippen LogP) is 6.31. The van der Waals surface area contributed by atoms with Gasteiger partial charge in [-0.15, -0.1) is 11.8 Å².